The van der Waals surface area contributed by atoms with Crippen molar-refractivity contribution in [3.8, 4) is 11.3 Å². The summed E-state index contributed by atoms with van der Waals surface area (Å²) >= 11 is 0. The van der Waals surface area contributed by atoms with Crippen LogP contribution >= 0.6 is 0 Å². The first-order chi connectivity index (χ1) is 22.0. The molecule has 14 heteroatoms. The second kappa shape index (κ2) is 14.3. The smallest absolute Gasteiger partial charge is 0.382 e. The Bertz CT molecular complexity index is 1680. The van der Waals surface area contributed by atoms with Crippen molar-refractivity contribution in [2.24, 2.45) is 5.92 Å². The summed E-state index contributed by atoms with van der Waals surface area (Å²) in [4.78, 5) is 40.4. The minimum atomic E-state index is -4.50. The number of amides is 2. The van der Waals surface area contributed by atoms with E-state index in [0.29, 0.717) is 73.9 Å². The molecule has 1 aliphatic rings. The van der Waals surface area contributed by atoms with Crippen molar-refractivity contribution in [3.63, 3.8) is 0 Å². The number of rotatable bonds is 11. The number of hydrogen-bond donors (Lipinski definition) is 2. The molecular formula is C32H36F3N7O4. The minimum absolute atomic E-state index is 0.0210. The maximum Gasteiger partial charge on any atom is 0.416 e. The predicted molar refractivity (Wildman–Crippen MR) is 164 cm³/mol. The number of carbonyl (C=O) groups excluding carboxylic acids is 2. The molecule has 244 valence electrons. The third kappa shape index (κ3) is 7.62. The predicted octanol–water partition coefficient (Wildman–Crippen LogP) is 4.15. The van der Waals surface area contributed by atoms with Gasteiger partial charge in [0.25, 0.3) is 5.91 Å². The van der Waals surface area contributed by atoms with Gasteiger partial charge in [-0.15, -0.1) is 0 Å². The highest BCUT2D eigenvalue weighted by atomic mass is 19.4. The highest BCUT2D eigenvalue weighted by Gasteiger charge is 2.31. The molecule has 1 saturated heterocycles. The van der Waals surface area contributed by atoms with Gasteiger partial charge in [-0.05, 0) is 37.1 Å². The number of hydrogen-bond acceptors (Lipinski definition) is 8. The summed E-state index contributed by atoms with van der Waals surface area (Å²) in [5, 5.41) is 2.61. The quantitative estimate of drug-likeness (QED) is 0.234. The van der Waals surface area contributed by atoms with Crippen LogP contribution in [-0.4, -0.2) is 75.1 Å². The average molecular weight is 640 g/mol. The minimum Gasteiger partial charge on any atom is -0.382 e. The topological polar surface area (TPSA) is 137 Å². The fourth-order valence-corrected chi connectivity index (χ4v) is 5.40. The zero-order chi connectivity index (χ0) is 32.8. The molecule has 1 fully saturated rings. The number of carbonyl (C=O) groups is 2. The normalized spacial score (nSPS) is 16.0. The van der Waals surface area contributed by atoms with Gasteiger partial charge in [0, 0.05) is 55.8 Å². The van der Waals surface area contributed by atoms with E-state index in [1.54, 1.807) is 36.7 Å². The first kappa shape index (κ1) is 32.8. The van der Waals surface area contributed by atoms with Gasteiger partial charge in [-0.25, -0.2) is 9.97 Å². The maximum atomic E-state index is 13.0. The fraction of sp³-hybridized carbons (Fsp3) is 0.406. The summed E-state index contributed by atoms with van der Waals surface area (Å²) < 4.78 is 52.3. The van der Waals surface area contributed by atoms with Crippen molar-refractivity contribution in [3.05, 3.63) is 77.6 Å². The number of morpholine rings is 1. The van der Waals surface area contributed by atoms with Crippen LogP contribution in [0.15, 0.2) is 55.0 Å². The number of nitrogens with one attached hydrogen (secondary N) is 1. The van der Waals surface area contributed by atoms with Gasteiger partial charge >= 0.3 is 6.18 Å². The molecule has 0 bridgehead atoms. The highest BCUT2D eigenvalue weighted by molar-refractivity contribution is 5.95. The van der Waals surface area contributed by atoms with Crippen molar-refractivity contribution in [1.29, 1.82) is 0 Å². The molecule has 1 aromatic carbocycles. The third-order valence-electron chi connectivity index (χ3n) is 7.90. The second-order valence-electron chi connectivity index (χ2n) is 11.1. The lowest BCUT2D eigenvalue weighted by Gasteiger charge is -2.36. The van der Waals surface area contributed by atoms with E-state index in [9.17, 15) is 22.8 Å². The van der Waals surface area contributed by atoms with Crippen LogP contribution in [-0.2, 0) is 33.4 Å². The molecule has 1 aliphatic heterocycles. The van der Waals surface area contributed by atoms with Crippen LogP contribution in [0.5, 0.6) is 0 Å². The van der Waals surface area contributed by atoms with Crippen molar-refractivity contribution >= 4 is 23.1 Å². The Hall–Kier alpha value is -4.56. The number of nitrogens with two attached hydrogens (primary N) is 1. The largest absolute Gasteiger partial charge is 0.416 e. The molecule has 46 heavy (non-hydrogen) atoms. The number of imidazole rings is 1. The van der Waals surface area contributed by atoms with E-state index >= 15 is 0 Å². The lowest BCUT2D eigenvalue weighted by Crippen LogP contribution is -2.48. The molecule has 2 amide bonds. The Morgan fingerprint density at radius 3 is 2.70 bits per heavy atom. The number of nitrogen functional groups attached to an aromatic ring is 1. The Kier molecular flexibility index (Phi) is 10.2. The Morgan fingerprint density at radius 2 is 1.96 bits per heavy atom. The average Bonchev–Trinajstić information content (AvgIpc) is 3.42. The summed E-state index contributed by atoms with van der Waals surface area (Å²) in [5.41, 5.74) is 7.79. The van der Waals surface area contributed by atoms with Gasteiger partial charge in [-0.1, -0.05) is 19.1 Å². The molecule has 5 rings (SSSR count). The molecule has 2 atom stereocenters. The second-order valence-corrected chi connectivity index (χ2v) is 11.1. The zero-order valence-electron chi connectivity index (χ0n) is 25.6. The molecule has 0 radical (unpaired) electrons. The first-order valence-corrected chi connectivity index (χ1v) is 15.0. The first-order valence-electron chi connectivity index (χ1n) is 15.0. The molecule has 4 aromatic rings. The zero-order valence-corrected chi connectivity index (χ0v) is 25.6. The van der Waals surface area contributed by atoms with Crippen molar-refractivity contribution in [1.82, 2.24) is 29.6 Å². The van der Waals surface area contributed by atoms with Gasteiger partial charge in [0.1, 0.15) is 22.9 Å². The van der Waals surface area contributed by atoms with Crippen LogP contribution in [0.2, 0.25) is 0 Å². The number of pyridine rings is 1. The molecule has 0 spiro atoms. The number of anilines is 1. The summed E-state index contributed by atoms with van der Waals surface area (Å²) in [6, 6.07) is 8.47. The van der Waals surface area contributed by atoms with E-state index in [1.165, 1.54) is 0 Å². The van der Waals surface area contributed by atoms with Gasteiger partial charge in [0.2, 0.25) is 5.91 Å². The van der Waals surface area contributed by atoms with E-state index in [4.69, 9.17) is 20.2 Å². The molecule has 0 aliphatic carbocycles. The van der Waals surface area contributed by atoms with Crippen LogP contribution in [0, 0.1) is 5.92 Å². The Morgan fingerprint density at radius 1 is 1.17 bits per heavy atom. The number of benzene rings is 1. The van der Waals surface area contributed by atoms with E-state index in [-0.39, 0.29) is 30.2 Å². The monoisotopic (exact) mass is 639 g/mol. The Labute approximate surface area is 263 Å². The molecule has 3 aromatic heterocycles. The molecule has 2 unspecified atom stereocenters. The van der Waals surface area contributed by atoms with Crippen LogP contribution in [0.3, 0.4) is 0 Å². The number of fused-ring (bicyclic) bond motifs is 1. The lowest BCUT2D eigenvalue weighted by atomic mass is 9.98. The van der Waals surface area contributed by atoms with Gasteiger partial charge in [0.15, 0.2) is 0 Å². The van der Waals surface area contributed by atoms with Gasteiger partial charge in [-0.3, -0.25) is 19.0 Å². The number of alkyl halides is 3. The molecular weight excluding hydrogens is 603 g/mol. The van der Waals surface area contributed by atoms with Crippen LogP contribution in [0.4, 0.5) is 19.0 Å². The number of aromatic nitrogens is 4. The van der Waals surface area contributed by atoms with Crippen LogP contribution < -0.4 is 11.1 Å². The fourth-order valence-electron chi connectivity index (χ4n) is 5.40. The molecule has 4 heterocycles. The summed E-state index contributed by atoms with van der Waals surface area (Å²) in [6.07, 6.45) is 0.657. The lowest BCUT2D eigenvalue weighted by molar-refractivity contribution is -0.141. The highest BCUT2D eigenvalue weighted by Crippen LogP contribution is 2.31. The van der Waals surface area contributed by atoms with Crippen molar-refractivity contribution < 1.29 is 32.2 Å². The standard InChI is InChI=1S/C32H36F3N7O4/c1-3-45-14-9-27(43)41-13-15-46-25(19-41)20(2)16-26-40-28(29-30(36)38-11-12-42(26)29)21-4-6-22(7-5-21)31(44)39-18-24-17-23(8-10-37-24)32(33,34)35/h4-8,10-12,17,20,25H,3,9,13-16,18-19H2,1-2H3,(H2,36,38)(H,39,44). The van der Waals surface area contributed by atoms with Gasteiger partial charge in [-0.2, -0.15) is 13.2 Å². The SMILES string of the molecule is CCOCCC(=O)N1CCOC(C(C)Cc2nc(-c3ccc(C(=O)NCc4cc(C(F)(F)F)ccn4)cc3)c3c(N)nccn23)C1. The third-order valence-corrected chi connectivity index (χ3v) is 7.90. The maximum absolute atomic E-state index is 13.0. The molecule has 3 N–H and O–H groups in total. The number of ether oxygens (including phenoxy) is 2. The van der Waals surface area contributed by atoms with Crippen molar-refractivity contribution in [2.45, 2.75) is 45.5 Å². The van der Waals surface area contributed by atoms with Crippen LogP contribution in [0.25, 0.3) is 16.8 Å². The van der Waals surface area contributed by atoms with Gasteiger partial charge in [0.05, 0.1) is 43.5 Å². The summed E-state index contributed by atoms with van der Waals surface area (Å²) in [7, 11) is 0. The number of halogens is 3. The summed E-state index contributed by atoms with van der Waals surface area (Å²) in [5.74, 6) is 0.636. The van der Waals surface area contributed by atoms with E-state index < -0.39 is 17.6 Å². The van der Waals surface area contributed by atoms with Crippen molar-refractivity contribution in [2.75, 3.05) is 38.6 Å². The van der Waals surface area contributed by atoms with Gasteiger partial charge < -0.3 is 25.4 Å². The number of nitrogens with zero attached hydrogens (tertiary/aromatic N) is 5. The van der Waals surface area contributed by atoms with E-state index in [1.807, 2.05) is 16.2 Å². The Balaban J connectivity index is 1.29. The molecule has 0 saturated carbocycles. The van der Waals surface area contributed by atoms with E-state index in [0.717, 1.165) is 24.2 Å². The summed E-state index contributed by atoms with van der Waals surface area (Å²) in [6.45, 7) is 6.25. The van der Waals surface area contributed by atoms with E-state index in [2.05, 4.69) is 22.2 Å². The molecule has 11 nitrogen and oxygen atoms in total. The van der Waals surface area contributed by atoms with Crippen LogP contribution in [0.1, 0.15) is 47.7 Å².